The number of primary amides is 1. The van der Waals surface area contributed by atoms with Gasteiger partial charge >= 0.3 is 6.09 Å². The van der Waals surface area contributed by atoms with Crippen LogP contribution in [0.15, 0.2) is 41.3 Å². The number of hydrogen-bond acceptors (Lipinski definition) is 4. The number of nitrogens with zero attached hydrogens (tertiary/aromatic N) is 2. The summed E-state index contributed by atoms with van der Waals surface area (Å²) in [7, 11) is 0. The molecular formula is C15H13ClN4O3. The van der Waals surface area contributed by atoms with Crippen LogP contribution in [-0.4, -0.2) is 20.6 Å². The van der Waals surface area contributed by atoms with E-state index in [1.807, 2.05) is 0 Å². The second kappa shape index (κ2) is 5.77. The van der Waals surface area contributed by atoms with Gasteiger partial charge in [-0.15, -0.1) is 0 Å². The number of ether oxygens (including phenoxy) is 1. The number of rotatable bonds is 3. The van der Waals surface area contributed by atoms with Crippen LogP contribution in [0.1, 0.15) is 18.9 Å². The maximum atomic E-state index is 12.9. The van der Waals surface area contributed by atoms with Crippen LogP contribution in [0.3, 0.4) is 0 Å². The van der Waals surface area contributed by atoms with Gasteiger partial charge in [-0.3, -0.25) is 4.79 Å². The van der Waals surface area contributed by atoms with Crippen molar-refractivity contribution in [3.63, 3.8) is 0 Å². The molecule has 0 aliphatic carbocycles. The maximum Gasteiger partial charge on any atom is 0.405 e. The molecule has 0 spiro atoms. The zero-order valence-electron chi connectivity index (χ0n) is 12.1. The number of carbonyl (C=O) groups excluding carboxylic acids is 1. The first kappa shape index (κ1) is 15.1. The molecule has 7 nitrogen and oxygen atoms in total. The van der Waals surface area contributed by atoms with Crippen LogP contribution in [0.25, 0.3) is 16.7 Å². The summed E-state index contributed by atoms with van der Waals surface area (Å²) in [4.78, 5) is 31.3. The van der Waals surface area contributed by atoms with E-state index in [2.05, 4.69) is 9.97 Å². The van der Waals surface area contributed by atoms with Crippen LogP contribution in [0.5, 0.6) is 0 Å². The van der Waals surface area contributed by atoms with Crippen LogP contribution in [0.4, 0.5) is 4.79 Å². The number of aromatic nitrogens is 3. The van der Waals surface area contributed by atoms with Gasteiger partial charge < -0.3 is 15.5 Å². The molecule has 1 unspecified atom stereocenters. The second-order valence-electron chi connectivity index (χ2n) is 4.88. The summed E-state index contributed by atoms with van der Waals surface area (Å²) < 4.78 is 6.30. The summed E-state index contributed by atoms with van der Waals surface area (Å²) in [6.07, 6.45) is -0.0926. The molecule has 3 N–H and O–H groups in total. The highest BCUT2D eigenvalue weighted by Crippen LogP contribution is 2.23. The zero-order chi connectivity index (χ0) is 16.6. The van der Waals surface area contributed by atoms with E-state index < -0.39 is 12.2 Å². The highest BCUT2D eigenvalue weighted by molar-refractivity contribution is 6.35. The van der Waals surface area contributed by atoms with Gasteiger partial charge in [-0.2, -0.15) is 0 Å². The van der Waals surface area contributed by atoms with E-state index in [0.717, 1.165) is 0 Å². The van der Waals surface area contributed by atoms with E-state index in [1.54, 1.807) is 43.5 Å². The van der Waals surface area contributed by atoms with Crippen molar-refractivity contribution in [3.05, 3.63) is 57.7 Å². The van der Waals surface area contributed by atoms with Gasteiger partial charge in [0.2, 0.25) is 0 Å². The molecule has 23 heavy (non-hydrogen) atoms. The molecule has 0 saturated carbocycles. The minimum atomic E-state index is -0.948. The van der Waals surface area contributed by atoms with Crippen LogP contribution in [-0.2, 0) is 4.74 Å². The molecule has 0 fully saturated rings. The van der Waals surface area contributed by atoms with Gasteiger partial charge in [0.1, 0.15) is 5.82 Å². The number of benzene rings is 1. The smallest absolute Gasteiger partial charge is 0.405 e. The maximum absolute atomic E-state index is 12.9. The van der Waals surface area contributed by atoms with Crippen molar-refractivity contribution in [1.29, 1.82) is 0 Å². The van der Waals surface area contributed by atoms with Crippen LogP contribution >= 0.6 is 11.6 Å². The topological polar surface area (TPSA) is 103 Å². The Kier molecular flexibility index (Phi) is 3.79. The number of hydrogen-bond donors (Lipinski definition) is 2. The summed E-state index contributed by atoms with van der Waals surface area (Å²) in [5.41, 5.74) is 5.12. The molecule has 1 aromatic carbocycles. The molecule has 0 bridgehead atoms. The Morgan fingerprint density at radius 1 is 1.39 bits per heavy atom. The lowest BCUT2D eigenvalue weighted by Crippen LogP contribution is -2.28. The van der Waals surface area contributed by atoms with Gasteiger partial charge in [-0.25, -0.2) is 14.3 Å². The lowest BCUT2D eigenvalue weighted by atomic mass is 10.2. The van der Waals surface area contributed by atoms with E-state index in [-0.39, 0.29) is 11.4 Å². The quantitative estimate of drug-likeness (QED) is 0.769. The Labute approximate surface area is 135 Å². The lowest BCUT2D eigenvalue weighted by Gasteiger charge is -2.17. The minimum absolute atomic E-state index is 0.242. The van der Waals surface area contributed by atoms with Gasteiger partial charge in [0, 0.05) is 6.20 Å². The second-order valence-corrected chi connectivity index (χ2v) is 5.29. The fraction of sp³-hybridized carbons (Fsp3) is 0.133. The highest BCUT2D eigenvalue weighted by Gasteiger charge is 2.21. The van der Waals surface area contributed by atoms with Crippen molar-refractivity contribution in [2.24, 2.45) is 5.73 Å². The first-order chi connectivity index (χ1) is 11.0. The van der Waals surface area contributed by atoms with Crippen molar-refractivity contribution in [1.82, 2.24) is 14.5 Å². The average molecular weight is 333 g/mol. The normalized spacial score (nSPS) is 12.3. The minimum Gasteiger partial charge on any atom is -0.439 e. The molecule has 1 atom stereocenters. The molecule has 118 valence electrons. The SMILES string of the molecule is CC(OC(N)=O)c1nc2cccc(Cl)c2c(=O)n1-c1ccc[nH]1. The monoisotopic (exact) mass is 332 g/mol. The Bertz CT molecular complexity index is 934. The van der Waals surface area contributed by atoms with E-state index >= 15 is 0 Å². The number of nitrogens with one attached hydrogen (secondary N) is 1. The molecule has 2 heterocycles. The van der Waals surface area contributed by atoms with Crippen LogP contribution in [0, 0.1) is 0 Å². The molecular weight excluding hydrogens is 320 g/mol. The Morgan fingerprint density at radius 3 is 2.83 bits per heavy atom. The number of amides is 1. The Hall–Kier alpha value is -2.80. The lowest BCUT2D eigenvalue weighted by molar-refractivity contribution is 0.110. The van der Waals surface area contributed by atoms with Gasteiger partial charge in [0.25, 0.3) is 5.56 Å². The molecule has 0 aliphatic rings. The predicted molar refractivity (Wildman–Crippen MR) is 85.8 cm³/mol. The number of nitrogens with two attached hydrogens (primary N) is 1. The molecule has 0 aliphatic heterocycles. The fourth-order valence-electron chi connectivity index (χ4n) is 2.40. The summed E-state index contributed by atoms with van der Waals surface area (Å²) in [6.45, 7) is 1.59. The van der Waals surface area contributed by atoms with Gasteiger partial charge in [0.05, 0.1) is 15.9 Å². The summed E-state index contributed by atoms with van der Waals surface area (Å²) in [5, 5.41) is 0.592. The molecule has 0 radical (unpaired) electrons. The standard InChI is InChI=1S/C15H13ClN4O3/c1-8(23-15(17)22)13-19-10-5-2-4-9(16)12(10)14(21)20(13)11-6-3-7-18-11/h2-8,18H,1H3,(H2,17,22). The third-order valence-corrected chi connectivity index (χ3v) is 3.67. The largest absolute Gasteiger partial charge is 0.439 e. The van der Waals surface area contributed by atoms with Crippen molar-refractivity contribution in [2.75, 3.05) is 0 Å². The number of fused-ring (bicyclic) bond motifs is 1. The predicted octanol–water partition coefficient (Wildman–Crippen LogP) is 2.52. The van der Waals surface area contributed by atoms with Crippen molar-refractivity contribution in [3.8, 4) is 5.82 Å². The average Bonchev–Trinajstić information content (AvgIpc) is 3.00. The number of H-pyrrole nitrogens is 1. The Morgan fingerprint density at radius 2 is 2.17 bits per heavy atom. The van der Waals surface area contributed by atoms with Gasteiger partial charge in [-0.1, -0.05) is 17.7 Å². The molecule has 3 aromatic rings. The summed E-state index contributed by atoms with van der Waals surface area (Å²) >= 11 is 6.14. The van der Waals surface area contributed by atoms with Crippen LogP contribution < -0.4 is 11.3 Å². The van der Waals surface area contributed by atoms with E-state index in [1.165, 1.54) is 4.57 Å². The van der Waals surface area contributed by atoms with Gasteiger partial charge in [0.15, 0.2) is 11.9 Å². The first-order valence-corrected chi connectivity index (χ1v) is 7.18. The van der Waals surface area contributed by atoms with Crippen LogP contribution in [0.2, 0.25) is 5.02 Å². The van der Waals surface area contributed by atoms with Gasteiger partial charge in [-0.05, 0) is 31.2 Å². The fourth-order valence-corrected chi connectivity index (χ4v) is 2.65. The summed E-state index contributed by atoms with van der Waals surface area (Å²) in [5.74, 6) is 0.727. The molecule has 0 saturated heterocycles. The third kappa shape index (κ3) is 2.66. The Balaban J connectivity index is 2.36. The van der Waals surface area contributed by atoms with Crippen molar-refractivity contribution < 1.29 is 9.53 Å². The van der Waals surface area contributed by atoms with E-state index in [4.69, 9.17) is 22.1 Å². The third-order valence-electron chi connectivity index (χ3n) is 3.35. The summed E-state index contributed by atoms with van der Waals surface area (Å²) in [6, 6.07) is 8.42. The number of carbonyl (C=O) groups is 1. The number of aromatic amines is 1. The number of halogens is 1. The molecule has 8 heteroatoms. The van der Waals surface area contributed by atoms with E-state index in [0.29, 0.717) is 21.7 Å². The van der Waals surface area contributed by atoms with Crippen molar-refractivity contribution >= 4 is 28.6 Å². The molecule has 2 aromatic heterocycles. The highest BCUT2D eigenvalue weighted by atomic mass is 35.5. The first-order valence-electron chi connectivity index (χ1n) is 6.80. The molecule has 3 rings (SSSR count). The van der Waals surface area contributed by atoms with E-state index in [9.17, 15) is 9.59 Å². The molecule has 1 amide bonds. The van der Waals surface area contributed by atoms with Crippen molar-refractivity contribution in [2.45, 2.75) is 13.0 Å². The zero-order valence-corrected chi connectivity index (χ0v) is 12.9.